The minimum absolute atomic E-state index is 0.0191. The summed E-state index contributed by atoms with van der Waals surface area (Å²) >= 11 is 0. The molecule has 1 aliphatic heterocycles. The van der Waals surface area contributed by atoms with Crippen molar-refractivity contribution in [2.24, 2.45) is 22.7 Å². The number of carbonyl (C=O) groups is 1. The van der Waals surface area contributed by atoms with Crippen LogP contribution >= 0.6 is 0 Å². The second-order valence-electron chi connectivity index (χ2n) is 5.65. The van der Waals surface area contributed by atoms with Gasteiger partial charge in [-0.15, -0.1) is 0 Å². The van der Waals surface area contributed by atoms with E-state index in [0.717, 1.165) is 0 Å². The Balaban J connectivity index is 3.02. The van der Waals surface area contributed by atoms with Crippen molar-refractivity contribution in [3.05, 3.63) is 0 Å². The highest BCUT2D eigenvalue weighted by atomic mass is 16.2. The second-order valence-corrected chi connectivity index (χ2v) is 5.65. The van der Waals surface area contributed by atoms with E-state index in [1.807, 2.05) is 13.8 Å². The first kappa shape index (κ1) is 13.2. The fourth-order valence-electron chi connectivity index (χ4n) is 2.15. The van der Waals surface area contributed by atoms with E-state index >= 15 is 0 Å². The Bertz CT molecular complexity index is 292. The van der Waals surface area contributed by atoms with Gasteiger partial charge in [0.25, 0.3) is 5.91 Å². The number of amides is 1. The molecule has 1 aliphatic rings. The number of nitrogens with one attached hydrogen (secondary N) is 1. The lowest BCUT2D eigenvalue weighted by Gasteiger charge is -2.36. The summed E-state index contributed by atoms with van der Waals surface area (Å²) in [6.45, 7) is 12.6. The molecule has 1 N–H and O–H groups in total. The third-order valence-corrected chi connectivity index (χ3v) is 3.13. The van der Waals surface area contributed by atoms with E-state index in [2.05, 4.69) is 38.0 Å². The zero-order valence-electron chi connectivity index (χ0n) is 11.2. The highest BCUT2D eigenvalue weighted by molar-refractivity contribution is 6.40. The molecule has 0 aromatic rings. The summed E-state index contributed by atoms with van der Waals surface area (Å²) < 4.78 is 0. The molecule has 0 aliphatic carbocycles. The van der Waals surface area contributed by atoms with E-state index in [4.69, 9.17) is 0 Å². The number of rotatable bonds is 3. The molecule has 2 atom stereocenters. The van der Waals surface area contributed by atoms with Crippen LogP contribution in [0.3, 0.4) is 0 Å². The average Bonchev–Trinajstić information content (AvgIpc) is 2.15. The number of aliphatic imine (C=N–C) groups is 1. The van der Waals surface area contributed by atoms with E-state index < -0.39 is 0 Å². The first-order valence-electron chi connectivity index (χ1n) is 6.23. The Morgan fingerprint density at radius 3 is 2.00 bits per heavy atom. The third kappa shape index (κ3) is 2.63. The zero-order valence-corrected chi connectivity index (χ0v) is 11.2. The Morgan fingerprint density at radius 2 is 1.62 bits per heavy atom. The summed E-state index contributed by atoms with van der Waals surface area (Å²) in [6, 6.07) is 0.394. The second kappa shape index (κ2) is 4.98. The van der Waals surface area contributed by atoms with Crippen molar-refractivity contribution in [1.29, 1.82) is 0 Å². The van der Waals surface area contributed by atoms with Crippen LogP contribution in [0.15, 0.2) is 4.99 Å². The van der Waals surface area contributed by atoms with Gasteiger partial charge in [0, 0.05) is 5.92 Å². The topological polar surface area (TPSA) is 41.5 Å². The summed E-state index contributed by atoms with van der Waals surface area (Å²) in [6.07, 6.45) is 0. The minimum Gasteiger partial charge on any atom is -0.346 e. The van der Waals surface area contributed by atoms with Crippen LogP contribution in [0.5, 0.6) is 0 Å². The van der Waals surface area contributed by atoms with Gasteiger partial charge in [-0.3, -0.25) is 9.79 Å². The fraction of sp³-hybridized carbons (Fsp3) is 0.846. The summed E-state index contributed by atoms with van der Waals surface area (Å²) in [4.78, 5) is 16.5. The maximum absolute atomic E-state index is 11.9. The average molecular weight is 224 g/mol. The van der Waals surface area contributed by atoms with Crippen molar-refractivity contribution < 1.29 is 4.79 Å². The van der Waals surface area contributed by atoms with Gasteiger partial charge in [0.1, 0.15) is 5.71 Å². The third-order valence-electron chi connectivity index (χ3n) is 3.13. The van der Waals surface area contributed by atoms with Crippen LogP contribution in [0.2, 0.25) is 0 Å². The van der Waals surface area contributed by atoms with Gasteiger partial charge in [0.2, 0.25) is 0 Å². The van der Waals surface area contributed by atoms with Crippen molar-refractivity contribution in [2.45, 2.75) is 53.6 Å². The van der Waals surface area contributed by atoms with Crippen LogP contribution in [-0.2, 0) is 4.79 Å². The fourth-order valence-corrected chi connectivity index (χ4v) is 2.15. The molecule has 0 saturated carbocycles. The number of hydrogen-bond donors (Lipinski definition) is 1. The Hall–Kier alpha value is -0.860. The maximum atomic E-state index is 11.9. The van der Waals surface area contributed by atoms with Gasteiger partial charge in [-0.2, -0.15) is 0 Å². The van der Waals surface area contributed by atoms with E-state index in [-0.39, 0.29) is 23.9 Å². The van der Waals surface area contributed by atoms with Gasteiger partial charge in [-0.05, 0) is 11.8 Å². The summed E-state index contributed by atoms with van der Waals surface area (Å²) in [5.74, 6) is 1.11. The van der Waals surface area contributed by atoms with Crippen LogP contribution < -0.4 is 5.32 Å². The Morgan fingerprint density at radius 1 is 1.06 bits per heavy atom. The minimum atomic E-state index is 0.0191. The van der Waals surface area contributed by atoms with Gasteiger partial charge in [0.15, 0.2) is 0 Å². The van der Waals surface area contributed by atoms with Crippen molar-refractivity contribution in [3.8, 4) is 0 Å². The van der Waals surface area contributed by atoms with Gasteiger partial charge in [-0.25, -0.2) is 0 Å². The lowest BCUT2D eigenvalue weighted by atomic mass is 9.86. The van der Waals surface area contributed by atoms with Crippen LogP contribution in [0.4, 0.5) is 0 Å². The molecule has 0 spiro atoms. The lowest BCUT2D eigenvalue weighted by molar-refractivity contribution is -0.116. The SMILES string of the molecule is CC(C)C1=NC(C(C)C)C(C(C)C)NC1=O. The monoisotopic (exact) mass is 224 g/mol. The Labute approximate surface area is 98.7 Å². The highest BCUT2D eigenvalue weighted by Gasteiger charge is 2.34. The van der Waals surface area contributed by atoms with Crippen molar-refractivity contribution in [3.63, 3.8) is 0 Å². The molecule has 0 fully saturated rings. The maximum Gasteiger partial charge on any atom is 0.265 e. The zero-order chi connectivity index (χ0) is 12.5. The molecule has 3 heteroatoms. The molecule has 0 aromatic carbocycles. The van der Waals surface area contributed by atoms with Gasteiger partial charge < -0.3 is 5.32 Å². The van der Waals surface area contributed by atoms with Crippen molar-refractivity contribution in [2.75, 3.05) is 0 Å². The highest BCUT2D eigenvalue weighted by Crippen LogP contribution is 2.22. The molecule has 2 unspecified atom stereocenters. The molecule has 92 valence electrons. The summed E-state index contributed by atoms with van der Waals surface area (Å²) in [5.41, 5.74) is 0.704. The van der Waals surface area contributed by atoms with E-state index in [1.165, 1.54) is 0 Å². The first-order valence-corrected chi connectivity index (χ1v) is 6.23. The largest absolute Gasteiger partial charge is 0.346 e. The first-order chi connectivity index (χ1) is 7.34. The predicted molar refractivity (Wildman–Crippen MR) is 67.7 cm³/mol. The molecular weight excluding hydrogens is 200 g/mol. The quantitative estimate of drug-likeness (QED) is 0.785. The van der Waals surface area contributed by atoms with E-state index in [0.29, 0.717) is 17.5 Å². The number of carbonyl (C=O) groups excluding carboxylic acids is 1. The standard InChI is InChI=1S/C13H24N2O/c1-7(2)10-11(8(3)4)15-13(16)12(14-10)9(5)6/h7-11H,1-6H3,(H,15,16). The van der Waals surface area contributed by atoms with Gasteiger partial charge >= 0.3 is 0 Å². The lowest BCUT2D eigenvalue weighted by Crippen LogP contribution is -2.55. The molecule has 16 heavy (non-hydrogen) atoms. The molecule has 0 radical (unpaired) electrons. The van der Waals surface area contributed by atoms with Gasteiger partial charge in [0.05, 0.1) is 12.1 Å². The molecule has 0 bridgehead atoms. The normalized spacial score (nSPS) is 26.3. The molecule has 0 saturated heterocycles. The van der Waals surface area contributed by atoms with E-state index in [9.17, 15) is 4.79 Å². The van der Waals surface area contributed by atoms with Crippen LogP contribution in [0, 0.1) is 17.8 Å². The van der Waals surface area contributed by atoms with E-state index in [1.54, 1.807) is 0 Å². The molecule has 1 heterocycles. The van der Waals surface area contributed by atoms with Crippen LogP contribution in [0.25, 0.3) is 0 Å². The number of nitrogens with zero attached hydrogens (tertiary/aromatic N) is 1. The number of hydrogen-bond acceptors (Lipinski definition) is 2. The molecular formula is C13H24N2O. The van der Waals surface area contributed by atoms with Crippen LogP contribution in [0.1, 0.15) is 41.5 Å². The Kier molecular flexibility index (Phi) is 4.11. The smallest absolute Gasteiger partial charge is 0.265 e. The molecule has 3 nitrogen and oxygen atoms in total. The van der Waals surface area contributed by atoms with Crippen molar-refractivity contribution >= 4 is 11.6 Å². The molecule has 0 aromatic heterocycles. The predicted octanol–water partition coefficient (Wildman–Crippen LogP) is 2.26. The molecule has 1 rings (SSSR count). The summed E-state index contributed by atoms with van der Waals surface area (Å²) in [5, 5.41) is 3.11. The van der Waals surface area contributed by atoms with Crippen molar-refractivity contribution in [1.82, 2.24) is 5.32 Å². The van der Waals surface area contributed by atoms with Crippen LogP contribution in [-0.4, -0.2) is 23.7 Å². The van der Waals surface area contributed by atoms with Gasteiger partial charge in [-0.1, -0.05) is 41.5 Å². The summed E-state index contributed by atoms with van der Waals surface area (Å²) in [7, 11) is 0. The molecule has 1 amide bonds.